The Morgan fingerprint density at radius 3 is 2.55 bits per heavy atom. The molecule has 0 spiro atoms. The van der Waals surface area contributed by atoms with Crippen molar-refractivity contribution >= 4 is 5.96 Å². The Bertz CT molecular complexity index is 406. The third-order valence-electron chi connectivity index (χ3n) is 3.57. The van der Waals surface area contributed by atoms with Crippen LogP contribution in [0.5, 0.6) is 0 Å². The van der Waals surface area contributed by atoms with Gasteiger partial charge in [-0.3, -0.25) is 4.99 Å². The highest BCUT2D eigenvalue weighted by Gasteiger charge is 2.05. The van der Waals surface area contributed by atoms with Crippen LogP contribution in [0.3, 0.4) is 0 Å². The number of hydrogen-bond donors (Lipinski definition) is 2. The molecule has 4 nitrogen and oxygen atoms in total. The Labute approximate surface area is 135 Å². The summed E-state index contributed by atoms with van der Waals surface area (Å²) in [4.78, 5) is 4.25. The Balaban J connectivity index is 2.15. The van der Waals surface area contributed by atoms with E-state index < -0.39 is 0 Å². The van der Waals surface area contributed by atoms with Crippen LogP contribution in [-0.2, 0) is 4.74 Å². The van der Waals surface area contributed by atoms with Gasteiger partial charge in [0.1, 0.15) is 0 Å². The zero-order valence-electron chi connectivity index (χ0n) is 14.3. The van der Waals surface area contributed by atoms with Crippen LogP contribution in [0.25, 0.3) is 0 Å². The number of rotatable bonds is 10. The SMILES string of the molecule is CCCCOCCCNC(=NC)NCC(C)c1ccccc1. The molecule has 0 saturated heterocycles. The topological polar surface area (TPSA) is 45.6 Å². The van der Waals surface area contributed by atoms with Gasteiger partial charge >= 0.3 is 0 Å². The molecule has 1 unspecified atom stereocenters. The lowest BCUT2D eigenvalue weighted by molar-refractivity contribution is 0.129. The number of nitrogens with zero attached hydrogens (tertiary/aromatic N) is 1. The third kappa shape index (κ3) is 8.03. The van der Waals surface area contributed by atoms with Crippen LogP contribution in [-0.4, -0.2) is 39.3 Å². The predicted octanol–water partition coefficient (Wildman–Crippen LogP) is 3.16. The Morgan fingerprint density at radius 1 is 1.14 bits per heavy atom. The second-order valence-electron chi connectivity index (χ2n) is 5.51. The molecule has 0 aliphatic rings. The maximum absolute atomic E-state index is 5.55. The van der Waals surface area contributed by atoms with Crippen LogP contribution in [0, 0.1) is 0 Å². The van der Waals surface area contributed by atoms with Gasteiger partial charge in [-0.2, -0.15) is 0 Å². The van der Waals surface area contributed by atoms with Crippen molar-refractivity contribution in [2.75, 3.05) is 33.4 Å². The first-order chi connectivity index (χ1) is 10.8. The van der Waals surface area contributed by atoms with Gasteiger partial charge in [-0.1, -0.05) is 50.6 Å². The summed E-state index contributed by atoms with van der Waals surface area (Å²) in [6.45, 7) is 7.83. The zero-order chi connectivity index (χ0) is 16.0. The van der Waals surface area contributed by atoms with E-state index in [1.54, 1.807) is 7.05 Å². The lowest BCUT2D eigenvalue weighted by atomic mass is 10.0. The Kier molecular flexibility index (Phi) is 10.1. The molecule has 0 aliphatic carbocycles. The van der Waals surface area contributed by atoms with Gasteiger partial charge in [0, 0.05) is 33.4 Å². The fourth-order valence-electron chi connectivity index (χ4n) is 2.10. The molecule has 1 aromatic carbocycles. The van der Waals surface area contributed by atoms with Crippen LogP contribution in [0.4, 0.5) is 0 Å². The van der Waals surface area contributed by atoms with E-state index in [0.717, 1.165) is 45.1 Å². The summed E-state index contributed by atoms with van der Waals surface area (Å²) in [5.41, 5.74) is 1.34. The normalized spacial score (nSPS) is 13.0. The van der Waals surface area contributed by atoms with E-state index in [2.05, 4.69) is 53.7 Å². The fraction of sp³-hybridized carbons (Fsp3) is 0.611. The standard InChI is InChI=1S/C18H31N3O/c1-4-5-13-22-14-9-12-20-18(19-3)21-15-16(2)17-10-7-6-8-11-17/h6-8,10-11,16H,4-5,9,12-15H2,1-3H3,(H2,19,20,21). The molecular formula is C18H31N3O. The highest BCUT2D eigenvalue weighted by atomic mass is 16.5. The van der Waals surface area contributed by atoms with E-state index in [1.807, 2.05) is 6.07 Å². The molecular weight excluding hydrogens is 274 g/mol. The second kappa shape index (κ2) is 12.0. The van der Waals surface area contributed by atoms with Crippen molar-refractivity contribution in [1.29, 1.82) is 0 Å². The van der Waals surface area contributed by atoms with Crippen molar-refractivity contribution in [1.82, 2.24) is 10.6 Å². The van der Waals surface area contributed by atoms with Gasteiger partial charge in [-0.15, -0.1) is 0 Å². The maximum Gasteiger partial charge on any atom is 0.190 e. The molecule has 0 amide bonds. The van der Waals surface area contributed by atoms with Crippen LogP contribution in [0.1, 0.15) is 44.6 Å². The van der Waals surface area contributed by atoms with E-state index in [9.17, 15) is 0 Å². The minimum Gasteiger partial charge on any atom is -0.381 e. The molecule has 2 N–H and O–H groups in total. The van der Waals surface area contributed by atoms with Gasteiger partial charge in [0.15, 0.2) is 5.96 Å². The summed E-state index contributed by atoms with van der Waals surface area (Å²) in [7, 11) is 1.81. The molecule has 0 saturated carbocycles. The van der Waals surface area contributed by atoms with Crippen molar-refractivity contribution in [2.45, 2.75) is 39.0 Å². The molecule has 0 fully saturated rings. The highest BCUT2D eigenvalue weighted by molar-refractivity contribution is 5.79. The molecule has 1 aromatic rings. The molecule has 0 aromatic heterocycles. The van der Waals surface area contributed by atoms with E-state index >= 15 is 0 Å². The van der Waals surface area contributed by atoms with E-state index in [-0.39, 0.29) is 0 Å². The quantitative estimate of drug-likeness (QED) is 0.396. The third-order valence-corrected chi connectivity index (χ3v) is 3.57. The van der Waals surface area contributed by atoms with E-state index in [1.165, 1.54) is 12.0 Å². The van der Waals surface area contributed by atoms with Crippen LogP contribution >= 0.6 is 0 Å². The number of benzene rings is 1. The molecule has 0 bridgehead atoms. The first-order valence-electron chi connectivity index (χ1n) is 8.35. The molecule has 1 atom stereocenters. The lowest BCUT2D eigenvalue weighted by Gasteiger charge is -2.16. The van der Waals surface area contributed by atoms with E-state index in [0.29, 0.717) is 5.92 Å². The van der Waals surface area contributed by atoms with Crippen LogP contribution in [0.15, 0.2) is 35.3 Å². The molecule has 0 heterocycles. The fourth-order valence-corrected chi connectivity index (χ4v) is 2.10. The Hall–Kier alpha value is -1.55. The van der Waals surface area contributed by atoms with Crippen molar-refractivity contribution < 1.29 is 4.74 Å². The van der Waals surface area contributed by atoms with Crippen molar-refractivity contribution in [3.8, 4) is 0 Å². The van der Waals surface area contributed by atoms with Crippen molar-refractivity contribution in [3.05, 3.63) is 35.9 Å². The molecule has 0 radical (unpaired) electrons. The van der Waals surface area contributed by atoms with Crippen molar-refractivity contribution in [2.24, 2.45) is 4.99 Å². The summed E-state index contributed by atoms with van der Waals surface area (Å²) in [6, 6.07) is 10.5. The maximum atomic E-state index is 5.55. The minimum absolute atomic E-state index is 0.456. The summed E-state index contributed by atoms with van der Waals surface area (Å²) in [5.74, 6) is 1.31. The number of aliphatic imine (C=N–C) groups is 1. The van der Waals surface area contributed by atoms with Gasteiger partial charge in [0.05, 0.1) is 0 Å². The first-order valence-corrected chi connectivity index (χ1v) is 8.35. The van der Waals surface area contributed by atoms with Crippen LogP contribution in [0.2, 0.25) is 0 Å². The average Bonchev–Trinajstić information content (AvgIpc) is 2.57. The number of ether oxygens (including phenoxy) is 1. The minimum atomic E-state index is 0.456. The number of hydrogen-bond acceptors (Lipinski definition) is 2. The number of unbranched alkanes of at least 4 members (excludes halogenated alkanes) is 1. The molecule has 1 rings (SSSR count). The highest BCUT2D eigenvalue weighted by Crippen LogP contribution is 2.12. The van der Waals surface area contributed by atoms with Crippen molar-refractivity contribution in [3.63, 3.8) is 0 Å². The first kappa shape index (κ1) is 18.5. The zero-order valence-corrected chi connectivity index (χ0v) is 14.3. The van der Waals surface area contributed by atoms with Gasteiger partial charge in [0.2, 0.25) is 0 Å². The Morgan fingerprint density at radius 2 is 1.86 bits per heavy atom. The number of nitrogens with one attached hydrogen (secondary N) is 2. The molecule has 22 heavy (non-hydrogen) atoms. The molecule has 4 heteroatoms. The van der Waals surface area contributed by atoms with Gasteiger partial charge in [-0.05, 0) is 24.3 Å². The van der Waals surface area contributed by atoms with Gasteiger partial charge < -0.3 is 15.4 Å². The van der Waals surface area contributed by atoms with Gasteiger partial charge in [-0.25, -0.2) is 0 Å². The summed E-state index contributed by atoms with van der Waals surface area (Å²) >= 11 is 0. The predicted molar refractivity (Wildman–Crippen MR) is 94.6 cm³/mol. The monoisotopic (exact) mass is 305 g/mol. The second-order valence-corrected chi connectivity index (χ2v) is 5.51. The molecule has 0 aliphatic heterocycles. The average molecular weight is 305 g/mol. The van der Waals surface area contributed by atoms with Gasteiger partial charge in [0.25, 0.3) is 0 Å². The van der Waals surface area contributed by atoms with Crippen LogP contribution < -0.4 is 10.6 Å². The summed E-state index contributed by atoms with van der Waals surface area (Å²) < 4.78 is 5.55. The number of guanidine groups is 1. The lowest BCUT2D eigenvalue weighted by Crippen LogP contribution is -2.39. The smallest absolute Gasteiger partial charge is 0.190 e. The molecule has 124 valence electrons. The largest absolute Gasteiger partial charge is 0.381 e. The van der Waals surface area contributed by atoms with E-state index in [4.69, 9.17) is 4.74 Å². The summed E-state index contributed by atoms with van der Waals surface area (Å²) in [5, 5.41) is 6.70. The summed E-state index contributed by atoms with van der Waals surface area (Å²) in [6.07, 6.45) is 3.33.